The molecular formula is C27H38N4O3. The minimum atomic E-state index is -0.748. The molecule has 1 aromatic rings. The molecule has 1 aliphatic carbocycles. The van der Waals surface area contributed by atoms with E-state index in [-0.39, 0.29) is 18.5 Å². The quantitative estimate of drug-likeness (QED) is 0.312. The maximum Gasteiger partial charge on any atom is 0.328 e. The van der Waals surface area contributed by atoms with Gasteiger partial charge in [0.1, 0.15) is 5.54 Å². The zero-order valence-corrected chi connectivity index (χ0v) is 20.7. The normalized spacial score (nSPS) is 23.0. The van der Waals surface area contributed by atoms with E-state index < -0.39 is 5.54 Å². The van der Waals surface area contributed by atoms with Crippen LogP contribution < -0.4 is 0 Å². The van der Waals surface area contributed by atoms with Crippen molar-refractivity contribution in [2.24, 2.45) is 5.92 Å². The van der Waals surface area contributed by atoms with Crippen molar-refractivity contribution in [3.8, 4) is 0 Å². The van der Waals surface area contributed by atoms with Crippen LogP contribution in [0.2, 0.25) is 0 Å². The molecule has 0 aromatic carbocycles. The number of hydrogen-bond acceptors (Lipinski definition) is 5. The second-order valence-electron chi connectivity index (χ2n) is 9.98. The zero-order chi connectivity index (χ0) is 24.1. The minimum Gasteiger partial charge on any atom is -0.385 e. The number of piperidine rings is 1. The SMILES string of the molecule is C=C(C)[C@@H]1CC=C(CN2CCC3(CC2)C(=O)N(Cc2ccccn2)C(=O)N3CCCOC)CC1. The van der Waals surface area contributed by atoms with Crippen LogP contribution in [0.1, 0.15) is 51.1 Å². The number of carbonyl (C=O) groups excluding carboxylic acids is 2. The molecule has 2 saturated heterocycles. The fraction of sp³-hybridized carbons (Fsp3) is 0.593. The van der Waals surface area contributed by atoms with E-state index in [1.807, 2.05) is 23.1 Å². The van der Waals surface area contributed by atoms with Gasteiger partial charge in [-0.3, -0.25) is 19.6 Å². The summed E-state index contributed by atoms with van der Waals surface area (Å²) >= 11 is 0. The number of imide groups is 1. The Hall–Kier alpha value is -2.51. The number of aromatic nitrogens is 1. The Morgan fingerprint density at radius 2 is 2.03 bits per heavy atom. The van der Waals surface area contributed by atoms with Crippen LogP contribution in [0.15, 0.2) is 48.2 Å². The summed E-state index contributed by atoms with van der Waals surface area (Å²) in [6.07, 6.45) is 9.54. The van der Waals surface area contributed by atoms with Gasteiger partial charge in [0.2, 0.25) is 0 Å². The smallest absolute Gasteiger partial charge is 0.328 e. The first-order chi connectivity index (χ1) is 16.4. The molecule has 1 spiro atoms. The molecular weight excluding hydrogens is 428 g/mol. The summed E-state index contributed by atoms with van der Waals surface area (Å²) in [6.45, 7) is 10.2. The van der Waals surface area contributed by atoms with E-state index in [0.29, 0.717) is 31.9 Å². The molecule has 184 valence electrons. The summed E-state index contributed by atoms with van der Waals surface area (Å²) < 4.78 is 5.22. The molecule has 2 aliphatic heterocycles. The highest BCUT2D eigenvalue weighted by Crippen LogP contribution is 2.38. The summed E-state index contributed by atoms with van der Waals surface area (Å²) in [4.78, 5) is 37.1. The molecule has 3 heterocycles. The van der Waals surface area contributed by atoms with Crippen molar-refractivity contribution in [1.82, 2.24) is 19.7 Å². The largest absolute Gasteiger partial charge is 0.385 e. The average molecular weight is 467 g/mol. The number of carbonyl (C=O) groups is 2. The Balaban J connectivity index is 1.44. The highest BCUT2D eigenvalue weighted by atomic mass is 16.5. The summed E-state index contributed by atoms with van der Waals surface area (Å²) in [5, 5.41) is 0. The van der Waals surface area contributed by atoms with E-state index >= 15 is 0 Å². The number of allylic oxidation sites excluding steroid dienone is 2. The summed E-state index contributed by atoms with van der Waals surface area (Å²) in [6, 6.07) is 5.39. The maximum absolute atomic E-state index is 13.7. The van der Waals surface area contributed by atoms with Gasteiger partial charge in [0, 0.05) is 46.1 Å². The monoisotopic (exact) mass is 466 g/mol. The number of hydrogen-bond donors (Lipinski definition) is 0. The first-order valence-electron chi connectivity index (χ1n) is 12.5. The van der Waals surface area contributed by atoms with Crippen LogP contribution in [-0.4, -0.2) is 77.1 Å². The van der Waals surface area contributed by atoms with E-state index in [1.54, 1.807) is 13.3 Å². The van der Waals surface area contributed by atoms with Gasteiger partial charge in [-0.1, -0.05) is 29.9 Å². The lowest BCUT2D eigenvalue weighted by Crippen LogP contribution is -2.57. The Morgan fingerprint density at radius 1 is 1.24 bits per heavy atom. The number of amides is 3. The van der Waals surface area contributed by atoms with Crippen molar-refractivity contribution in [3.05, 3.63) is 53.9 Å². The predicted octanol–water partition coefficient (Wildman–Crippen LogP) is 4.02. The molecule has 4 rings (SSSR count). The summed E-state index contributed by atoms with van der Waals surface area (Å²) in [5.74, 6) is 0.544. The number of urea groups is 1. The molecule has 0 bridgehead atoms. The third kappa shape index (κ3) is 5.10. The fourth-order valence-corrected chi connectivity index (χ4v) is 5.58. The predicted molar refractivity (Wildman–Crippen MR) is 132 cm³/mol. The van der Waals surface area contributed by atoms with Gasteiger partial charge in [-0.25, -0.2) is 4.79 Å². The lowest BCUT2D eigenvalue weighted by Gasteiger charge is -2.42. The summed E-state index contributed by atoms with van der Waals surface area (Å²) in [5.41, 5.74) is 2.76. The number of nitrogens with zero attached hydrogens (tertiary/aromatic N) is 4. The molecule has 7 nitrogen and oxygen atoms in total. The molecule has 0 saturated carbocycles. The van der Waals surface area contributed by atoms with E-state index in [4.69, 9.17) is 4.74 Å². The number of likely N-dealkylation sites (tertiary alicyclic amines) is 1. The first-order valence-corrected chi connectivity index (χ1v) is 12.5. The first kappa shape index (κ1) is 24.6. The molecule has 0 unspecified atom stereocenters. The minimum absolute atomic E-state index is 0.0681. The lowest BCUT2D eigenvalue weighted by atomic mass is 9.83. The van der Waals surface area contributed by atoms with E-state index in [2.05, 4.69) is 29.5 Å². The number of rotatable bonds is 9. The highest BCUT2D eigenvalue weighted by molar-refractivity contribution is 6.07. The van der Waals surface area contributed by atoms with Crippen LogP contribution in [0, 0.1) is 5.92 Å². The maximum atomic E-state index is 13.7. The summed E-state index contributed by atoms with van der Waals surface area (Å²) in [7, 11) is 1.66. The van der Waals surface area contributed by atoms with Gasteiger partial charge in [0.25, 0.3) is 5.91 Å². The van der Waals surface area contributed by atoms with Gasteiger partial charge in [-0.2, -0.15) is 0 Å². The van der Waals surface area contributed by atoms with E-state index in [9.17, 15) is 9.59 Å². The van der Waals surface area contributed by atoms with Gasteiger partial charge in [0.15, 0.2) is 0 Å². The van der Waals surface area contributed by atoms with Crippen LogP contribution in [0.5, 0.6) is 0 Å². The topological polar surface area (TPSA) is 66.0 Å². The highest BCUT2D eigenvalue weighted by Gasteiger charge is 2.57. The van der Waals surface area contributed by atoms with Crippen molar-refractivity contribution >= 4 is 11.9 Å². The van der Waals surface area contributed by atoms with Gasteiger partial charge in [-0.15, -0.1) is 0 Å². The second kappa shape index (κ2) is 10.8. The van der Waals surface area contributed by atoms with E-state index in [0.717, 1.165) is 44.6 Å². The molecule has 3 aliphatic rings. The van der Waals surface area contributed by atoms with Crippen LogP contribution >= 0.6 is 0 Å². The van der Waals surface area contributed by atoms with Crippen molar-refractivity contribution in [3.63, 3.8) is 0 Å². The molecule has 7 heteroatoms. The standard InChI is InChI=1S/C27H38N4O3/c1-21(2)23-10-8-22(9-11-23)19-29-16-12-27(13-17-29)25(32)30(20-24-7-4-5-14-28-24)26(33)31(27)15-6-18-34-3/h4-5,7-8,14,23H,1,6,9-13,15-20H2,2-3H3/t23-/m1/s1. The van der Waals surface area contributed by atoms with Gasteiger partial charge in [0.05, 0.1) is 12.2 Å². The molecule has 1 atom stereocenters. The third-order valence-corrected chi connectivity index (χ3v) is 7.71. The second-order valence-corrected chi connectivity index (χ2v) is 9.98. The number of ether oxygens (including phenoxy) is 1. The molecule has 34 heavy (non-hydrogen) atoms. The fourth-order valence-electron chi connectivity index (χ4n) is 5.58. The Labute approximate surface area is 203 Å². The molecule has 3 amide bonds. The molecule has 2 fully saturated rings. The third-order valence-electron chi connectivity index (χ3n) is 7.71. The van der Waals surface area contributed by atoms with Gasteiger partial charge in [-0.05, 0) is 63.5 Å². The molecule has 0 N–H and O–H groups in total. The Bertz CT molecular complexity index is 921. The molecule has 0 radical (unpaired) electrons. The van der Waals surface area contributed by atoms with Crippen molar-refractivity contribution in [2.45, 2.75) is 57.5 Å². The van der Waals surface area contributed by atoms with Crippen molar-refractivity contribution in [2.75, 3.05) is 39.9 Å². The van der Waals surface area contributed by atoms with E-state index in [1.165, 1.54) is 22.5 Å². The Morgan fingerprint density at radius 3 is 2.65 bits per heavy atom. The number of methoxy groups -OCH3 is 1. The molecule has 1 aromatic heterocycles. The Kier molecular flexibility index (Phi) is 7.84. The number of pyridine rings is 1. The van der Waals surface area contributed by atoms with Gasteiger partial charge >= 0.3 is 6.03 Å². The van der Waals surface area contributed by atoms with Crippen molar-refractivity contribution in [1.29, 1.82) is 0 Å². The van der Waals surface area contributed by atoms with Crippen LogP contribution in [0.3, 0.4) is 0 Å². The lowest BCUT2D eigenvalue weighted by molar-refractivity contribution is -0.136. The van der Waals surface area contributed by atoms with Crippen molar-refractivity contribution < 1.29 is 14.3 Å². The van der Waals surface area contributed by atoms with Gasteiger partial charge < -0.3 is 9.64 Å². The zero-order valence-electron chi connectivity index (χ0n) is 20.7. The van der Waals surface area contributed by atoms with Crippen LogP contribution in [0.4, 0.5) is 4.79 Å². The average Bonchev–Trinajstić information content (AvgIpc) is 3.03. The van der Waals surface area contributed by atoms with Crippen LogP contribution in [0.25, 0.3) is 0 Å². The van der Waals surface area contributed by atoms with Crippen LogP contribution in [-0.2, 0) is 16.1 Å².